The maximum absolute atomic E-state index is 11.8. The summed E-state index contributed by atoms with van der Waals surface area (Å²) < 4.78 is 0. The van der Waals surface area contributed by atoms with Crippen LogP contribution in [0.4, 0.5) is 0 Å². The van der Waals surface area contributed by atoms with E-state index in [-0.39, 0.29) is 12.8 Å². The first-order valence-electron chi connectivity index (χ1n) is 5.35. The Labute approximate surface area is 94.4 Å². The molecule has 1 amide bonds. The first kappa shape index (κ1) is 14.4. The van der Waals surface area contributed by atoms with Gasteiger partial charge in [0.05, 0.1) is 0 Å². The lowest BCUT2D eigenvalue weighted by atomic mass is 9.91. The lowest BCUT2D eigenvalue weighted by molar-refractivity contribution is -0.134. The molecular weight excluding hydrogens is 188 g/mol. The fraction of sp³-hybridized carbons (Fsp3) is 0.917. The average molecular weight is 214 g/mol. The second-order valence-electron chi connectivity index (χ2n) is 5.42. The maximum atomic E-state index is 11.8. The molecule has 0 aromatic rings. The monoisotopic (exact) mass is 214 g/mol. The van der Waals surface area contributed by atoms with Crippen molar-refractivity contribution in [1.82, 2.24) is 9.80 Å². The van der Waals surface area contributed by atoms with E-state index >= 15 is 0 Å². The normalized spacial score (nSPS) is 18.5. The number of amides is 1. The van der Waals surface area contributed by atoms with Crippen LogP contribution in [0.2, 0.25) is 0 Å². The van der Waals surface area contributed by atoms with Crippen LogP contribution in [-0.2, 0) is 4.79 Å². The van der Waals surface area contributed by atoms with Crippen molar-refractivity contribution in [3.8, 4) is 0 Å². The summed E-state index contributed by atoms with van der Waals surface area (Å²) >= 11 is 0. The van der Waals surface area contributed by atoms with Gasteiger partial charge < -0.3 is 9.80 Å². The molecule has 0 saturated carbocycles. The van der Waals surface area contributed by atoms with E-state index in [4.69, 9.17) is 0 Å². The van der Waals surface area contributed by atoms with Crippen molar-refractivity contribution in [3.05, 3.63) is 0 Å². The third kappa shape index (κ3) is 5.17. The maximum Gasteiger partial charge on any atom is 0.223 e. The Morgan fingerprint density at radius 2 is 1.60 bits per heavy atom. The lowest BCUT2D eigenvalue weighted by Crippen LogP contribution is -2.47. The number of piperazine rings is 1. The predicted molar refractivity (Wildman–Crippen MR) is 64.9 cm³/mol. The number of hydrogen-bond acceptors (Lipinski definition) is 2. The summed E-state index contributed by atoms with van der Waals surface area (Å²) in [7, 11) is 2.10. The molecule has 1 aliphatic heterocycles. The highest BCUT2D eigenvalue weighted by Gasteiger charge is 2.23. The van der Waals surface area contributed by atoms with E-state index in [1.165, 1.54) is 0 Å². The van der Waals surface area contributed by atoms with E-state index in [0.29, 0.717) is 12.3 Å². The van der Waals surface area contributed by atoms with Crippen molar-refractivity contribution in [2.45, 2.75) is 34.6 Å². The van der Waals surface area contributed by atoms with Crippen LogP contribution in [-0.4, -0.2) is 48.9 Å². The van der Waals surface area contributed by atoms with Gasteiger partial charge in [-0.3, -0.25) is 4.79 Å². The summed E-state index contributed by atoms with van der Waals surface area (Å²) in [6.45, 7) is 10.1. The summed E-state index contributed by atoms with van der Waals surface area (Å²) in [5.41, 5.74) is 0.112. The molecule has 0 N–H and O–H groups in total. The third-order valence-corrected chi connectivity index (χ3v) is 2.54. The van der Waals surface area contributed by atoms with E-state index in [9.17, 15) is 4.79 Å². The Morgan fingerprint density at radius 1 is 1.13 bits per heavy atom. The van der Waals surface area contributed by atoms with Crippen LogP contribution in [0.25, 0.3) is 0 Å². The van der Waals surface area contributed by atoms with Crippen LogP contribution in [0, 0.1) is 5.41 Å². The van der Waals surface area contributed by atoms with Gasteiger partial charge >= 0.3 is 0 Å². The Bertz CT molecular complexity index is 200. The number of hydrogen-bond donors (Lipinski definition) is 0. The number of likely N-dealkylation sites (N-methyl/N-ethyl adjacent to an activating group) is 1. The van der Waals surface area contributed by atoms with E-state index in [0.717, 1.165) is 26.2 Å². The SMILES string of the molecule is C.CN1CCN(C(=O)CC(C)(C)C)CC1. The number of carbonyl (C=O) groups excluding carboxylic acids is 1. The molecule has 1 rings (SSSR count). The third-order valence-electron chi connectivity index (χ3n) is 2.54. The Morgan fingerprint density at radius 3 is 2.00 bits per heavy atom. The summed E-state index contributed by atoms with van der Waals surface area (Å²) in [5.74, 6) is 0.311. The zero-order valence-corrected chi connectivity index (χ0v) is 9.84. The largest absolute Gasteiger partial charge is 0.340 e. The van der Waals surface area contributed by atoms with Crippen LogP contribution in [0.3, 0.4) is 0 Å². The standard InChI is InChI=1S/C11H22N2O.CH4/c1-11(2,3)9-10(14)13-7-5-12(4)6-8-13;/h5-9H2,1-4H3;1H4. The highest BCUT2D eigenvalue weighted by atomic mass is 16.2. The molecule has 1 aliphatic rings. The van der Waals surface area contributed by atoms with Gasteiger partial charge in [-0.2, -0.15) is 0 Å². The van der Waals surface area contributed by atoms with Crippen LogP contribution in [0.5, 0.6) is 0 Å². The van der Waals surface area contributed by atoms with Crippen LogP contribution in [0.15, 0.2) is 0 Å². The molecule has 0 radical (unpaired) electrons. The molecular formula is C12H26N2O. The van der Waals surface area contributed by atoms with Crippen LogP contribution < -0.4 is 0 Å². The number of carbonyl (C=O) groups is 1. The van der Waals surface area contributed by atoms with Gasteiger partial charge in [0, 0.05) is 32.6 Å². The average Bonchev–Trinajstić information content (AvgIpc) is 2.02. The van der Waals surface area contributed by atoms with E-state index in [1.807, 2.05) is 4.90 Å². The van der Waals surface area contributed by atoms with Crippen LogP contribution in [0.1, 0.15) is 34.6 Å². The molecule has 3 nitrogen and oxygen atoms in total. The molecule has 1 fully saturated rings. The fourth-order valence-electron chi connectivity index (χ4n) is 1.62. The molecule has 0 spiro atoms. The molecule has 0 unspecified atom stereocenters. The van der Waals surface area contributed by atoms with Gasteiger partial charge in [-0.15, -0.1) is 0 Å². The minimum atomic E-state index is 0. The molecule has 0 atom stereocenters. The Hall–Kier alpha value is -0.570. The smallest absolute Gasteiger partial charge is 0.223 e. The van der Waals surface area contributed by atoms with Crippen LogP contribution >= 0.6 is 0 Å². The fourth-order valence-corrected chi connectivity index (χ4v) is 1.62. The molecule has 0 aromatic carbocycles. The van der Waals surface area contributed by atoms with Crippen molar-refractivity contribution in [2.75, 3.05) is 33.2 Å². The summed E-state index contributed by atoms with van der Waals surface area (Å²) in [4.78, 5) is 16.1. The molecule has 1 heterocycles. The Kier molecular flexibility index (Phi) is 5.29. The Balaban J connectivity index is 0.00000196. The zero-order chi connectivity index (χ0) is 10.8. The van der Waals surface area contributed by atoms with Gasteiger partial charge in [-0.05, 0) is 12.5 Å². The van der Waals surface area contributed by atoms with Crippen molar-refractivity contribution in [3.63, 3.8) is 0 Å². The second-order valence-corrected chi connectivity index (χ2v) is 5.42. The van der Waals surface area contributed by atoms with Gasteiger partial charge in [-0.25, -0.2) is 0 Å². The molecule has 15 heavy (non-hydrogen) atoms. The van der Waals surface area contributed by atoms with Gasteiger partial charge in [0.25, 0.3) is 0 Å². The minimum absolute atomic E-state index is 0. The van der Waals surface area contributed by atoms with Gasteiger partial charge in [0.15, 0.2) is 0 Å². The number of rotatable bonds is 1. The van der Waals surface area contributed by atoms with E-state index < -0.39 is 0 Å². The molecule has 3 heteroatoms. The topological polar surface area (TPSA) is 23.6 Å². The number of nitrogens with zero attached hydrogens (tertiary/aromatic N) is 2. The lowest BCUT2D eigenvalue weighted by Gasteiger charge is -2.34. The second kappa shape index (κ2) is 5.50. The van der Waals surface area contributed by atoms with Crippen molar-refractivity contribution < 1.29 is 4.79 Å². The van der Waals surface area contributed by atoms with Gasteiger partial charge in [0.1, 0.15) is 0 Å². The molecule has 0 aliphatic carbocycles. The van der Waals surface area contributed by atoms with Crippen molar-refractivity contribution >= 4 is 5.91 Å². The summed E-state index contributed by atoms with van der Waals surface area (Å²) in [6, 6.07) is 0. The highest BCUT2D eigenvalue weighted by molar-refractivity contribution is 5.76. The predicted octanol–water partition coefficient (Wildman–Crippen LogP) is 1.83. The highest BCUT2D eigenvalue weighted by Crippen LogP contribution is 2.20. The van der Waals surface area contributed by atoms with E-state index in [2.05, 4.69) is 32.7 Å². The molecule has 0 bridgehead atoms. The molecule has 1 saturated heterocycles. The summed E-state index contributed by atoms with van der Waals surface area (Å²) in [5, 5.41) is 0. The molecule has 90 valence electrons. The quantitative estimate of drug-likeness (QED) is 0.665. The molecule has 0 aromatic heterocycles. The summed E-state index contributed by atoms with van der Waals surface area (Å²) in [6.07, 6.45) is 0.663. The van der Waals surface area contributed by atoms with E-state index in [1.54, 1.807) is 0 Å². The van der Waals surface area contributed by atoms with Gasteiger partial charge in [-0.1, -0.05) is 28.2 Å². The first-order valence-corrected chi connectivity index (χ1v) is 5.35. The minimum Gasteiger partial charge on any atom is -0.340 e. The van der Waals surface area contributed by atoms with Gasteiger partial charge in [0.2, 0.25) is 5.91 Å². The van der Waals surface area contributed by atoms with Crippen molar-refractivity contribution in [2.24, 2.45) is 5.41 Å². The van der Waals surface area contributed by atoms with Crippen molar-refractivity contribution in [1.29, 1.82) is 0 Å². The zero-order valence-electron chi connectivity index (χ0n) is 9.84. The first-order chi connectivity index (χ1) is 6.38.